The molecule has 2 aromatic carbocycles. The van der Waals surface area contributed by atoms with Crippen molar-refractivity contribution in [3.8, 4) is 0 Å². The van der Waals surface area contributed by atoms with E-state index in [0.717, 1.165) is 37.4 Å². The number of halogens is 3. The molecule has 31 heavy (non-hydrogen) atoms. The highest BCUT2D eigenvalue weighted by atomic mass is 19.1. The van der Waals surface area contributed by atoms with Gasteiger partial charge in [-0.05, 0) is 54.5 Å². The molecular formula is C23H19F3N4O. The van der Waals surface area contributed by atoms with Crippen molar-refractivity contribution in [1.82, 2.24) is 14.6 Å². The van der Waals surface area contributed by atoms with Crippen LogP contribution in [-0.2, 0) is 11.3 Å². The third kappa shape index (κ3) is 2.73. The molecule has 3 aliphatic carbocycles. The van der Waals surface area contributed by atoms with Crippen LogP contribution in [0.3, 0.4) is 0 Å². The highest BCUT2D eigenvalue weighted by Gasteiger charge is 2.72. The number of carbonyl (C=O) groups excluding carboxylic acids is 1. The lowest BCUT2D eigenvalue weighted by Crippen LogP contribution is -2.68. The second-order valence-corrected chi connectivity index (χ2v) is 9.22. The van der Waals surface area contributed by atoms with E-state index in [4.69, 9.17) is 0 Å². The van der Waals surface area contributed by atoms with Crippen LogP contribution in [0.2, 0.25) is 0 Å². The Balaban J connectivity index is 1.18. The molecule has 0 N–H and O–H groups in total. The molecular weight excluding hydrogens is 405 g/mol. The van der Waals surface area contributed by atoms with Gasteiger partial charge in [-0.3, -0.25) is 4.79 Å². The predicted molar refractivity (Wildman–Crippen MR) is 107 cm³/mol. The Bertz CT molecular complexity index is 1230. The van der Waals surface area contributed by atoms with Gasteiger partial charge < -0.3 is 4.57 Å². The van der Waals surface area contributed by atoms with Crippen molar-refractivity contribution in [3.63, 3.8) is 0 Å². The molecule has 2 bridgehead atoms. The van der Waals surface area contributed by atoms with Crippen molar-refractivity contribution in [1.29, 1.82) is 0 Å². The minimum Gasteiger partial charge on any atom is -0.330 e. The second kappa shape index (κ2) is 6.18. The van der Waals surface area contributed by atoms with Gasteiger partial charge in [0.2, 0.25) is 5.91 Å². The number of hydrogen-bond donors (Lipinski definition) is 0. The summed E-state index contributed by atoms with van der Waals surface area (Å²) in [5.41, 5.74) is 1.50. The molecule has 1 aliphatic heterocycles. The summed E-state index contributed by atoms with van der Waals surface area (Å²) in [6.45, 7) is 0.728. The van der Waals surface area contributed by atoms with E-state index in [2.05, 4.69) is 10.1 Å². The zero-order valence-corrected chi connectivity index (χ0v) is 16.6. The van der Waals surface area contributed by atoms with Crippen LogP contribution in [0.5, 0.6) is 0 Å². The molecule has 4 aliphatic rings. The van der Waals surface area contributed by atoms with E-state index in [-0.39, 0.29) is 17.1 Å². The lowest BCUT2D eigenvalue weighted by Gasteiger charge is -2.70. The summed E-state index contributed by atoms with van der Waals surface area (Å²) >= 11 is 0. The van der Waals surface area contributed by atoms with Gasteiger partial charge in [0, 0.05) is 31.3 Å². The summed E-state index contributed by atoms with van der Waals surface area (Å²) in [6, 6.07) is 7.44. The summed E-state index contributed by atoms with van der Waals surface area (Å²) in [4.78, 5) is 17.6. The smallest absolute Gasteiger partial charge is 0.249 e. The minimum atomic E-state index is -0.661. The monoisotopic (exact) mass is 424 g/mol. The Morgan fingerprint density at radius 3 is 2.52 bits per heavy atom. The van der Waals surface area contributed by atoms with Gasteiger partial charge in [-0.25, -0.2) is 23.2 Å². The maximum atomic E-state index is 13.7. The molecule has 2 heterocycles. The first-order valence-corrected chi connectivity index (χ1v) is 10.3. The molecule has 0 saturated heterocycles. The average molecular weight is 424 g/mol. The number of fused-ring (bicyclic) bond motifs is 1. The molecule has 1 atom stereocenters. The highest BCUT2D eigenvalue weighted by Crippen LogP contribution is 2.74. The van der Waals surface area contributed by atoms with Gasteiger partial charge in [-0.15, -0.1) is 0 Å². The largest absolute Gasteiger partial charge is 0.330 e. The first-order chi connectivity index (χ1) is 14.9. The van der Waals surface area contributed by atoms with Crippen molar-refractivity contribution < 1.29 is 18.0 Å². The number of carbonyl (C=O) groups is 1. The zero-order valence-electron chi connectivity index (χ0n) is 16.6. The normalized spacial score (nSPS) is 28.6. The minimum absolute atomic E-state index is 0.0293. The summed E-state index contributed by atoms with van der Waals surface area (Å²) in [7, 11) is 0. The maximum absolute atomic E-state index is 13.7. The fourth-order valence-corrected chi connectivity index (χ4v) is 5.81. The van der Waals surface area contributed by atoms with Gasteiger partial charge in [0.25, 0.3) is 0 Å². The molecule has 0 radical (unpaired) electrons. The maximum Gasteiger partial charge on any atom is 0.249 e. The van der Waals surface area contributed by atoms with Crippen LogP contribution in [0.4, 0.5) is 13.2 Å². The van der Waals surface area contributed by atoms with E-state index in [1.807, 2.05) is 4.57 Å². The third-order valence-corrected chi connectivity index (χ3v) is 6.99. The van der Waals surface area contributed by atoms with Crippen LogP contribution >= 0.6 is 0 Å². The number of aromatic nitrogens is 2. The number of benzene rings is 2. The van der Waals surface area contributed by atoms with Crippen LogP contribution in [0, 0.1) is 28.3 Å². The van der Waals surface area contributed by atoms with Crippen LogP contribution < -0.4 is 0 Å². The predicted octanol–water partition coefficient (Wildman–Crippen LogP) is 4.58. The number of hydrogen-bond acceptors (Lipinski definition) is 3. The van der Waals surface area contributed by atoms with Crippen LogP contribution in [0.15, 0.2) is 47.8 Å². The van der Waals surface area contributed by atoms with Gasteiger partial charge in [0.15, 0.2) is 0 Å². The molecule has 0 spiro atoms. The van der Waals surface area contributed by atoms with Crippen LogP contribution in [0.1, 0.15) is 37.3 Å². The molecule has 1 amide bonds. The molecule has 3 fully saturated rings. The summed E-state index contributed by atoms with van der Waals surface area (Å²) < 4.78 is 42.8. The van der Waals surface area contributed by atoms with E-state index < -0.39 is 23.1 Å². The zero-order chi connectivity index (χ0) is 21.4. The average Bonchev–Trinajstić information content (AvgIpc) is 3.29. The van der Waals surface area contributed by atoms with Gasteiger partial charge in [-0.2, -0.15) is 5.10 Å². The van der Waals surface area contributed by atoms with Crippen molar-refractivity contribution in [2.24, 2.45) is 15.9 Å². The van der Waals surface area contributed by atoms with Crippen LogP contribution in [-0.4, -0.2) is 26.7 Å². The second-order valence-electron chi connectivity index (χ2n) is 9.22. The number of nitrogens with zero attached hydrogens (tertiary/aromatic N) is 4. The fraction of sp³-hybridized carbons (Fsp3) is 0.348. The Kier molecular flexibility index (Phi) is 3.71. The molecule has 1 aromatic heterocycles. The first kappa shape index (κ1) is 18.6. The number of rotatable bonds is 4. The molecule has 3 saturated carbocycles. The Morgan fingerprint density at radius 2 is 1.77 bits per heavy atom. The Morgan fingerprint density at radius 1 is 1.03 bits per heavy atom. The number of imidazole rings is 1. The fourth-order valence-electron chi connectivity index (χ4n) is 5.81. The van der Waals surface area contributed by atoms with Crippen molar-refractivity contribution in [2.45, 2.75) is 38.3 Å². The van der Waals surface area contributed by atoms with Crippen molar-refractivity contribution in [3.05, 3.63) is 65.7 Å². The van der Waals surface area contributed by atoms with Crippen molar-refractivity contribution in [2.75, 3.05) is 0 Å². The molecule has 3 aromatic rings. The SMILES string of the molecule is O=C(N1N=CCC1c1cc(F)cc(F)c1)C12CC(Cn3cnc4cc(F)ccc43)(C1)C2. The molecule has 1 unspecified atom stereocenters. The number of hydrazone groups is 1. The van der Waals surface area contributed by atoms with E-state index in [1.54, 1.807) is 18.6 Å². The van der Waals surface area contributed by atoms with Crippen molar-refractivity contribution >= 4 is 23.2 Å². The summed E-state index contributed by atoms with van der Waals surface area (Å²) in [5, 5.41) is 5.65. The highest BCUT2D eigenvalue weighted by molar-refractivity contribution is 5.88. The van der Waals surface area contributed by atoms with Gasteiger partial charge in [0.05, 0.1) is 28.8 Å². The molecule has 7 rings (SSSR count). The topological polar surface area (TPSA) is 50.5 Å². The lowest BCUT2D eigenvalue weighted by atomic mass is 9.34. The standard InChI is InChI=1S/C23H19F3N4O/c24-15-1-2-20-18(8-15)27-13-29(20)12-22-9-23(10-22,11-22)21(31)30-19(3-4-28-30)14-5-16(25)7-17(26)6-14/h1-2,4-8,13,19H,3,9-12H2. The third-order valence-electron chi connectivity index (χ3n) is 6.99. The van der Waals surface area contributed by atoms with E-state index in [0.29, 0.717) is 17.5 Å². The Hall–Kier alpha value is -3.16. The van der Waals surface area contributed by atoms with E-state index >= 15 is 0 Å². The summed E-state index contributed by atoms with van der Waals surface area (Å²) in [5.74, 6) is -1.71. The number of amides is 1. The quantitative estimate of drug-likeness (QED) is 0.616. The molecule has 8 heteroatoms. The van der Waals surface area contributed by atoms with E-state index in [9.17, 15) is 18.0 Å². The van der Waals surface area contributed by atoms with E-state index in [1.165, 1.54) is 29.3 Å². The van der Waals surface area contributed by atoms with Gasteiger partial charge >= 0.3 is 0 Å². The Labute approximate surface area is 176 Å². The first-order valence-electron chi connectivity index (χ1n) is 10.3. The van der Waals surface area contributed by atoms with Gasteiger partial charge in [0.1, 0.15) is 17.5 Å². The van der Waals surface area contributed by atoms with Crippen LogP contribution in [0.25, 0.3) is 11.0 Å². The molecule has 5 nitrogen and oxygen atoms in total. The lowest BCUT2D eigenvalue weighted by molar-refractivity contribution is -0.222. The summed E-state index contributed by atoms with van der Waals surface area (Å²) in [6.07, 6.45) is 6.02. The molecule has 158 valence electrons. The van der Waals surface area contributed by atoms with Gasteiger partial charge in [-0.1, -0.05) is 0 Å².